The molecule has 0 atom stereocenters. The number of nitrogens with two attached hydrogens (primary N) is 1. The summed E-state index contributed by atoms with van der Waals surface area (Å²) in [5.74, 6) is -0.890. The molecule has 8 nitrogen and oxygen atoms in total. The zero-order chi connectivity index (χ0) is 15.2. The van der Waals surface area contributed by atoms with E-state index in [-0.39, 0.29) is 22.5 Å². The first kappa shape index (κ1) is 13.0. The van der Waals surface area contributed by atoms with E-state index in [0.29, 0.717) is 0 Å². The number of H-pyrrole nitrogens is 1. The number of hydrogen-bond acceptors (Lipinski definition) is 5. The van der Waals surface area contributed by atoms with E-state index in [4.69, 9.17) is 5.73 Å². The predicted molar refractivity (Wildman–Crippen MR) is 62.3 cm³/mol. The number of alkyl halides is 3. The van der Waals surface area contributed by atoms with Crippen molar-refractivity contribution in [1.29, 1.82) is 0 Å². The summed E-state index contributed by atoms with van der Waals surface area (Å²) in [4.78, 5) is 11.2. The lowest BCUT2D eigenvalue weighted by molar-refractivity contribution is -0.137. The minimum atomic E-state index is -4.48. The van der Waals surface area contributed by atoms with Gasteiger partial charge in [-0.1, -0.05) is 5.21 Å². The van der Waals surface area contributed by atoms with E-state index in [1.54, 1.807) is 0 Å². The zero-order valence-electron chi connectivity index (χ0n) is 10.1. The zero-order valence-corrected chi connectivity index (χ0v) is 10.1. The van der Waals surface area contributed by atoms with Crippen molar-refractivity contribution in [3.63, 3.8) is 0 Å². The summed E-state index contributed by atoms with van der Waals surface area (Å²) in [6, 6.07) is 2.91. The number of carbonyl (C=O) groups excluding carboxylic acids is 1. The molecule has 0 saturated carbocycles. The Labute approximate surface area is 113 Å². The third-order valence-corrected chi connectivity index (χ3v) is 2.74. The largest absolute Gasteiger partial charge is 0.416 e. The number of primary amides is 1. The molecule has 2 heterocycles. The van der Waals surface area contributed by atoms with Crippen LogP contribution in [0.4, 0.5) is 13.2 Å². The summed E-state index contributed by atoms with van der Waals surface area (Å²) in [6.45, 7) is 0. The van der Waals surface area contributed by atoms with Gasteiger partial charge in [0.25, 0.3) is 5.91 Å². The number of halogens is 3. The molecule has 3 aromatic rings. The van der Waals surface area contributed by atoms with E-state index in [1.165, 1.54) is 6.07 Å². The molecule has 0 aliphatic rings. The van der Waals surface area contributed by atoms with Crippen LogP contribution >= 0.6 is 0 Å². The molecule has 1 aromatic carbocycles. The van der Waals surface area contributed by atoms with Gasteiger partial charge < -0.3 is 5.73 Å². The van der Waals surface area contributed by atoms with Gasteiger partial charge in [-0.05, 0) is 18.2 Å². The van der Waals surface area contributed by atoms with Crippen molar-refractivity contribution in [2.45, 2.75) is 6.18 Å². The van der Waals surface area contributed by atoms with E-state index in [2.05, 4.69) is 25.7 Å². The van der Waals surface area contributed by atoms with Gasteiger partial charge in [-0.3, -0.25) is 4.79 Å². The standard InChI is InChI=1S/C10H6F3N7O/c11-10(12,13)4-1-2-6-5(3-4)15-19-20(6)9-7(8(14)21)16-18-17-9/h1-3H,(H2,14,21)(H,16,17,18). The third kappa shape index (κ3) is 2.07. The number of nitrogens with one attached hydrogen (secondary N) is 1. The Kier molecular flexibility index (Phi) is 2.64. The molecule has 1 amide bonds. The van der Waals surface area contributed by atoms with Crippen LogP contribution in [-0.4, -0.2) is 36.3 Å². The monoisotopic (exact) mass is 297 g/mol. The van der Waals surface area contributed by atoms with Crippen LogP contribution in [-0.2, 0) is 6.18 Å². The fourth-order valence-electron chi connectivity index (χ4n) is 1.79. The summed E-state index contributed by atoms with van der Waals surface area (Å²) >= 11 is 0. The van der Waals surface area contributed by atoms with Crippen molar-refractivity contribution < 1.29 is 18.0 Å². The van der Waals surface area contributed by atoms with Gasteiger partial charge in [0.15, 0.2) is 5.69 Å². The van der Waals surface area contributed by atoms with Crippen molar-refractivity contribution in [3.05, 3.63) is 29.5 Å². The second kappa shape index (κ2) is 4.26. The lowest BCUT2D eigenvalue weighted by atomic mass is 10.2. The topological polar surface area (TPSA) is 115 Å². The second-order valence-electron chi connectivity index (χ2n) is 4.06. The Balaban J connectivity index is 2.17. The average molecular weight is 297 g/mol. The van der Waals surface area contributed by atoms with Crippen LogP contribution < -0.4 is 5.73 Å². The Hall–Kier alpha value is -2.98. The number of aromatic amines is 1. The molecule has 0 saturated heterocycles. The highest BCUT2D eigenvalue weighted by Crippen LogP contribution is 2.31. The van der Waals surface area contributed by atoms with E-state index < -0.39 is 17.6 Å². The van der Waals surface area contributed by atoms with Gasteiger partial charge in [-0.2, -0.15) is 23.1 Å². The van der Waals surface area contributed by atoms with Crippen molar-refractivity contribution in [2.24, 2.45) is 5.73 Å². The van der Waals surface area contributed by atoms with E-state index in [9.17, 15) is 18.0 Å². The quantitative estimate of drug-likeness (QED) is 0.720. The Morgan fingerprint density at radius 1 is 1.29 bits per heavy atom. The molecule has 0 aliphatic carbocycles. The summed E-state index contributed by atoms with van der Waals surface area (Å²) in [5.41, 5.74) is 4.31. The Morgan fingerprint density at radius 2 is 2.05 bits per heavy atom. The average Bonchev–Trinajstić information content (AvgIpc) is 3.02. The highest BCUT2D eigenvalue weighted by atomic mass is 19.4. The van der Waals surface area contributed by atoms with Crippen molar-refractivity contribution >= 4 is 16.9 Å². The fourth-order valence-corrected chi connectivity index (χ4v) is 1.79. The smallest absolute Gasteiger partial charge is 0.364 e. The molecule has 0 radical (unpaired) electrons. The van der Waals surface area contributed by atoms with Gasteiger partial charge in [0.1, 0.15) is 5.52 Å². The molecule has 11 heteroatoms. The van der Waals surface area contributed by atoms with Crippen LogP contribution in [0.15, 0.2) is 18.2 Å². The predicted octanol–water partition coefficient (Wildman–Crippen LogP) is 0.656. The lowest BCUT2D eigenvalue weighted by Gasteiger charge is -2.05. The van der Waals surface area contributed by atoms with Crippen LogP contribution in [0.3, 0.4) is 0 Å². The summed E-state index contributed by atoms with van der Waals surface area (Å²) in [7, 11) is 0. The third-order valence-electron chi connectivity index (χ3n) is 2.74. The van der Waals surface area contributed by atoms with Crippen molar-refractivity contribution in [2.75, 3.05) is 0 Å². The summed E-state index contributed by atoms with van der Waals surface area (Å²) in [5, 5.41) is 16.8. The number of amides is 1. The number of fused-ring (bicyclic) bond motifs is 1. The minimum Gasteiger partial charge on any atom is -0.364 e. The van der Waals surface area contributed by atoms with Gasteiger partial charge in [0, 0.05) is 0 Å². The fraction of sp³-hybridized carbons (Fsp3) is 0.100. The number of rotatable bonds is 2. The van der Waals surface area contributed by atoms with Crippen LogP contribution in [0.1, 0.15) is 16.1 Å². The molecule has 3 N–H and O–H groups in total. The molecule has 108 valence electrons. The molecule has 0 unspecified atom stereocenters. The molecule has 2 aromatic heterocycles. The van der Waals surface area contributed by atoms with Crippen LogP contribution in [0.2, 0.25) is 0 Å². The number of aromatic nitrogens is 6. The first-order chi connectivity index (χ1) is 9.88. The van der Waals surface area contributed by atoms with E-state index >= 15 is 0 Å². The number of carbonyl (C=O) groups is 1. The first-order valence-corrected chi connectivity index (χ1v) is 5.51. The molecule has 3 rings (SSSR count). The lowest BCUT2D eigenvalue weighted by Crippen LogP contribution is -2.15. The number of hydrogen-bond donors (Lipinski definition) is 2. The maximum atomic E-state index is 12.6. The van der Waals surface area contributed by atoms with Crippen molar-refractivity contribution in [1.82, 2.24) is 30.4 Å². The number of nitrogens with zero attached hydrogens (tertiary/aromatic N) is 5. The van der Waals surface area contributed by atoms with Gasteiger partial charge in [0.05, 0.1) is 11.1 Å². The van der Waals surface area contributed by atoms with Gasteiger partial charge in [0.2, 0.25) is 5.82 Å². The highest BCUT2D eigenvalue weighted by Gasteiger charge is 2.31. The molecular formula is C10H6F3N7O. The van der Waals surface area contributed by atoms with Gasteiger partial charge in [-0.15, -0.1) is 15.3 Å². The SMILES string of the molecule is NC(=O)c1n[nH]nc1-n1nnc2cc(C(F)(F)F)ccc21. The molecule has 0 fully saturated rings. The van der Waals surface area contributed by atoms with Crippen molar-refractivity contribution in [3.8, 4) is 5.82 Å². The van der Waals surface area contributed by atoms with Crippen LogP contribution in [0, 0.1) is 0 Å². The van der Waals surface area contributed by atoms with Gasteiger partial charge >= 0.3 is 6.18 Å². The van der Waals surface area contributed by atoms with E-state index in [1.807, 2.05) is 0 Å². The first-order valence-electron chi connectivity index (χ1n) is 5.51. The van der Waals surface area contributed by atoms with E-state index in [0.717, 1.165) is 16.8 Å². The summed E-state index contributed by atoms with van der Waals surface area (Å²) in [6.07, 6.45) is -4.48. The Bertz CT molecular complexity index is 835. The maximum absolute atomic E-state index is 12.6. The second-order valence-corrected chi connectivity index (χ2v) is 4.06. The Morgan fingerprint density at radius 3 is 2.71 bits per heavy atom. The summed E-state index contributed by atoms with van der Waals surface area (Å²) < 4.78 is 38.9. The maximum Gasteiger partial charge on any atom is 0.416 e. The minimum absolute atomic E-state index is 0.00301. The molecule has 0 spiro atoms. The molecule has 0 aliphatic heterocycles. The highest BCUT2D eigenvalue weighted by molar-refractivity contribution is 5.94. The normalized spacial score (nSPS) is 12.0. The molecule has 0 bridgehead atoms. The van der Waals surface area contributed by atoms with Crippen LogP contribution in [0.25, 0.3) is 16.9 Å². The van der Waals surface area contributed by atoms with Gasteiger partial charge in [-0.25, -0.2) is 0 Å². The molecule has 21 heavy (non-hydrogen) atoms. The number of benzene rings is 1. The van der Waals surface area contributed by atoms with Crippen LogP contribution in [0.5, 0.6) is 0 Å². The molecular weight excluding hydrogens is 291 g/mol.